The lowest BCUT2D eigenvalue weighted by molar-refractivity contribution is 0.216. The zero-order valence-corrected chi connectivity index (χ0v) is 12.1. The molecule has 106 valence electrons. The molecular formula is C17H21NO2. The summed E-state index contributed by atoms with van der Waals surface area (Å²) in [5, 5.41) is 0. The number of para-hydroxylation sites is 1. The normalized spacial score (nSPS) is 10.3. The van der Waals surface area contributed by atoms with Crippen molar-refractivity contribution in [2.75, 3.05) is 13.2 Å². The smallest absolute Gasteiger partial charge is 0.123 e. The van der Waals surface area contributed by atoms with E-state index in [2.05, 4.69) is 19.9 Å². The Morgan fingerprint density at radius 3 is 2.40 bits per heavy atom. The number of rotatable bonds is 6. The Labute approximate surface area is 120 Å². The molecule has 2 aromatic carbocycles. The number of benzene rings is 2. The maximum atomic E-state index is 5.70. The molecule has 0 spiro atoms. The van der Waals surface area contributed by atoms with Gasteiger partial charge < -0.3 is 15.2 Å². The maximum absolute atomic E-state index is 5.70. The first-order valence-corrected chi connectivity index (χ1v) is 6.81. The largest absolute Gasteiger partial charge is 0.490 e. The van der Waals surface area contributed by atoms with Crippen molar-refractivity contribution in [2.45, 2.75) is 20.4 Å². The lowest BCUT2D eigenvalue weighted by atomic mass is 10.1. The van der Waals surface area contributed by atoms with Crippen LogP contribution in [0.4, 0.5) is 0 Å². The molecule has 3 heteroatoms. The second-order valence-electron chi connectivity index (χ2n) is 4.75. The Morgan fingerprint density at radius 1 is 0.900 bits per heavy atom. The van der Waals surface area contributed by atoms with Gasteiger partial charge in [0.15, 0.2) is 0 Å². The summed E-state index contributed by atoms with van der Waals surface area (Å²) in [4.78, 5) is 0. The number of aryl methyl sites for hydroxylation is 2. The van der Waals surface area contributed by atoms with Crippen LogP contribution >= 0.6 is 0 Å². The van der Waals surface area contributed by atoms with Crippen LogP contribution < -0.4 is 15.2 Å². The highest BCUT2D eigenvalue weighted by atomic mass is 16.5. The molecule has 0 saturated carbocycles. The third kappa shape index (κ3) is 3.75. The predicted octanol–water partition coefficient (Wildman–Crippen LogP) is 3.22. The predicted molar refractivity (Wildman–Crippen MR) is 81.2 cm³/mol. The summed E-state index contributed by atoms with van der Waals surface area (Å²) in [5.74, 6) is 1.71. The molecule has 2 aromatic rings. The van der Waals surface area contributed by atoms with E-state index in [9.17, 15) is 0 Å². The van der Waals surface area contributed by atoms with Gasteiger partial charge in [0.05, 0.1) is 0 Å². The monoisotopic (exact) mass is 271 g/mol. The summed E-state index contributed by atoms with van der Waals surface area (Å²) in [5.41, 5.74) is 9.18. The van der Waals surface area contributed by atoms with E-state index in [0.717, 1.165) is 17.1 Å². The van der Waals surface area contributed by atoms with Crippen molar-refractivity contribution >= 4 is 0 Å². The van der Waals surface area contributed by atoms with Gasteiger partial charge in [-0.3, -0.25) is 0 Å². The average Bonchev–Trinajstić information content (AvgIpc) is 2.47. The van der Waals surface area contributed by atoms with Crippen molar-refractivity contribution in [3.63, 3.8) is 0 Å². The molecule has 0 fully saturated rings. The Hall–Kier alpha value is -2.00. The van der Waals surface area contributed by atoms with E-state index in [4.69, 9.17) is 15.2 Å². The minimum atomic E-state index is 0.480. The summed E-state index contributed by atoms with van der Waals surface area (Å²) in [6, 6.07) is 13.9. The highest BCUT2D eigenvalue weighted by Crippen LogP contribution is 2.18. The number of nitrogens with two attached hydrogens (primary N) is 1. The number of hydrogen-bond acceptors (Lipinski definition) is 3. The van der Waals surface area contributed by atoms with Gasteiger partial charge in [-0.1, -0.05) is 24.3 Å². The third-order valence-electron chi connectivity index (χ3n) is 3.28. The molecule has 0 aliphatic carbocycles. The molecule has 0 radical (unpaired) electrons. The molecule has 20 heavy (non-hydrogen) atoms. The molecule has 0 amide bonds. The summed E-state index contributed by atoms with van der Waals surface area (Å²) in [6.45, 7) is 5.67. The van der Waals surface area contributed by atoms with Crippen LogP contribution in [0.3, 0.4) is 0 Å². The fourth-order valence-corrected chi connectivity index (χ4v) is 1.93. The first-order chi connectivity index (χ1) is 9.70. The van der Waals surface area contributed by atoms with Crippen molar-refractivity contribution < 1.29 is 9.47 Å². The fraction of sp³-hybridized carbons (Fsp3) is 0.294. The molecule has 3 nitrogen and oxygen atoms in total. The van der Waals surface area contributed by atoms with Crippen molar-refractivity contribution in [1.29, 1.82) is 0 Å². The van der Waals surface area contributed by atoms with Gasteiger partial charge in [0.1, 0.15) is 24.7 Å². The molecule has 0 heterocycles. The van der Waals surface area contributed by atoms with Crippen LogP contribution in [0.2, 0.25) is 0 Å². The standard InChI is InChI=1S/C17H21NO2/c1-13-7-8-16(11-14(13)2)19-9-10-20-17-6-4-3-5-15(17)12-18/h3-8,11H,9-10,12,18H2,1-2H3. The Bertz CT molecular complexity index is 567. The molecule has 0 aliphatic heterocycles. The van der Waals surface area contributed by atoms with Gasteiger partial charge in [0.2, 0.25) is 0 Å². The summed E-state index contributed by atoms with van der Waals surface area (Å²) in [6.07, 6.45) is 0. The third-order valence-corrected chi connectivity index (χ3v) is 3.28. The van der Waals surface area contributed by atoms with E-state index in [-0.39, 0.29) is 0 Å². The van der Waals surface area contributed by atoms with Gasteiger partial charge >= 0.3 is 0 Å². The minimum absolute atomic E-state index is 0.480. The van der Waals surface area contributed by atoms with E-state index in [1.54, 1.807) is 0 Å². The van der Waals surface area contributed by atoms with E-state index in [1.165, 1.54) is 11.1 Å². The highest BCUT2D eigenvalue weighted by molar-refractivity contribution is 5.34. The number of hydrogen-bond donors (Lipinski definition) is 1. The zero-order chi connectivity index (χ0) is 14.4. The van der Waals surface area contributed by atoms with Crippen LogP contribution in [-0.2, 0) is 6.54 Å². The van der Waals surface area contributed by atoms with Crippen LogP contribution in [0.15, 0.2) is 42.5 Å². The van der Waals surface area contributed by atoms with E-state index < -0.39 is 0 Å². The molecule has 0 atom stereocenters. The van der Waals surface area contributed by atoms with E-state index in [1.807, 2.05) is 36.4 Å². The second kappa shape index (κ2) is 6.96. The fourth-order valence-electron chi connectivity index (χ4n) is 1.93. The first kappa shape index (κ1) is 14.4. The van der Waals surface area contributed by atoms with Crippen molar-refractivity contribution in [2.24, 2.45) is 5.73 Å². The van der Waals surface area contributed by atoms with Crippen LogP contribution in [-0.4, -0.2) is 13.2 Å². The molecule has 0 bridgehead atoms. The zero-order valence-electron chi connectivity index (χ0n) is 12.1. The Balaban J connectivity index is 1.83. The summed E-state index contributed by atoms with van der Waals surface area (Å²) in [7, 11) is 0. The van der Waals surface area contributed by atoms with Crippen LogP contribution in [0.1, 0.15) is 16.7 Å². The second-order valence-corrected chi connectivity index (χ2v) is 4.75. The molecule has 0 aromatic heterocycles. The minimum Gasteiger partial charge on any atom is -0.490 e. The van der Waals surface area contributed by atoms with Gasteiger partial charge in [-0.05, 0) is 43.2 Å². The Morgan fingerprint density at radius 2 is 1.65 bits per heavy atom. The molecule has 2 N–H and O–H groups in total. The summed E-state index contributed by atoms with van der Waals surface area (Å²) < 4.78 is 11.4. The Kier molecular flexibility index (Phi) is 5.02. The molecular weight excluding hydrogens is 250 g/mol. The SMILES string of the molecule is Cc1ccc(OCCOc2ccccc2CN)cc1C. The molecule has 2 rings (SSSR count). The first-order valence-electron chi connectivity index (χ1n) is 6.81. The lowest BCUT2D eigenvalue weighted by Gasteiger charge is -2.11. The maximum Gasteiger partial charge on any atom is 0.123 e. The highest BCUT2D eigenvalue weighted by Gasteiger charge is 2.01. The van der Waals surface area contributed by atoms with Crippen molar-refractivity contribution in [3.05, 3.63) is 59.2 Å². The van der Waals surface area contributed by atoms with Crippen LogP contribution in [0.5, 0.6) is 11.5 Å². The van der Waals surface area contributed by atoms with Gasteiger partial charge in [-0.15, -0.1) is 0 Å². The molecule has 0 unspecified atom stereocenters. The quantitative estimate of drug-likeness (QED) is 0.820. The van der Waals surface area contributed by atoms with E-state index in [0.29, 0.717) is 19.8 Å². The van der Waals surface area contributed by atoms with Crippen LogP contribution in [0, 0.1) is 13.8 Å². The topological polar surface area (TPSA) is 44.5 Å². The van der Waals surface area contributed by atoms with Gasteiger partial charge in [0, 0.05) is 12.1 Å². The van der Waals surface area contributed by atoms with E-state index >= 15 is 0 Å². The van der Waals surface area contributed by atoms with Crippen molar-refractivity contribution in [3.8, 4) is 11.5 Å². The van der Waals surface area contributed by atoms with Gasteiger partial charge in [-0.2, -0.15) is 0 Å². The summed E-state index contributed by atoms with van der Waals surface area (Å²) >= 11 is 0. The average molecular weight is 271 g/mol. The van der Waals surface area contributed by atoms with Gasteiger partial charge in [-0.25, -0.2) is 0 Å². The molecule has 0 saturated heterocycles. The number of ether oxygens (including phenoxy) is 2. The lowest BCUT2D eigenvalue weighted by Crippen LogP contribution is -2.11. The van der Waals surface area contributed by atoms with Crippen LogP contribution in [0.25, 0.3) is 0 Å². The van der Waals surface area contributed by atoms with Crippen molar-refractivity contribution in [1.82, 2.24) is 0 Å². The van der Waals surface area contributed by atoms with Gasteiger partial charge in [0.25, 0.3) is 0 Å². The molecule has 0 aliphatic rings.